The molecule has 6 heteroatoms. The second-order valence-corrected chi connectivity index (χ2v) is 4.99. The van der Waals surface area contributed by atoms with E-state index in [1.807, 2.05) is 0 Å². The summed E-state index contributed by atoms with van der Waals surface area (Å²) in [6.45, 7) is 1.79. The van der Waals surface area contributed by atoms with Gasteiger partial charge in [-0.05, 0) is 43.3 Å². The van der Waals surface area contributed by atoms with E-state index in [2.05, 4.69) is 5.32 Å². The number of carbonyl (C=O) groups is 2. The van der Waals surface area contributed by atoms with E-state index in [-0.39, 0.29) is 18.3 Å². The zero-order valence-corrected chi connectivity index (χ0v) is 13.6. The summed E-state index contributed by atoms with van der Waals surface area (Å²) >= 11 is 0. The third-order valence-corrected chi connectivity index (χ3v) is 3.50. The summed E-state index contributed by atoms with van der Waals surface area (Å²) in [5, 5.41) is 2.90. The summed E-state index contributed by atoms with van der Waals surface area (Å²) in [4.78, 5) is 25.9. The van der Waals surface area contributed by atoms with Crippen molar-refractivity contribution in [2.45, 2.75) is 6.92 Å². The molecule has 126 valence electrons. The van der Waals surface area contributed by atoms with E-state index in [0.29, 0.717) is 23.5 Å². The third-order valence-electron chi connectivity index (χ3n) is 3.50. The highest BCUT2D eigenvalue weighted by Crippen LogP contribution is 2.17. The Labute approximate surface area is 140 Å². The standard InChI is InChI=1S/C18H19FN2O3/c1-3-21(14-10-8-13(19)9-11-14)17(22)12-24-18(23)15-6-4-5-7-16(15)20-2/h4-11,20H,3,12H2,1-2H3. The molecule has 0 bridgehead atoms. The van der Waals surface area contributed by atoms with Crippen LogP contribution in [0.1, 0.15) is 17.3 Å². The molecular weight excluding hydrogens is 311 g/mol. The van der Waals surface area contributed by atoms with Gasteiger partial charge in [0.25, 0.3) is 5.91 Å². The maximum absolute atomic E-state index is 13.0. The van der Waals surface area contributed by atoms with E-state index in [9.17, 15) is 14.0 Å². The van der Waals surface area contributed by atoms with Crippen LogP contribution in [0.15, 0.2) is 48.5 Å². The lowest BCUT2D eigenvalue weighted by atomic mass is 10.2. The van der Waals surface area contributed by atoms with Crippen molar-refractivity contribution in [3.63, 3.8) is 0 Å². The highest BCUT2D eigenvalue weighted by molar-refractivity contribution is 5.99. The third kappa shape index (κ3) is 4.10. The first-order valence-electron chi connectivity index (χ1n) is 7.56. The van der Waals surface area contributed by atoms with Crippen molar-refractivity contribution in [3.05, 3.63) is 59.9 Å². The van der Waals surface area contributed by atoms with Crippen LogP contribution in [0.2, 0.25) is 0 Å². The van der Waals surface area contributed by atoms with Gasteiger partial charge in [0.15, 0.2) is 6.61 Å². The summed E-state index contributed by atoms with van der Waals surface area (Å²) in [5.41, 5.74) is 1.54. The highest BCUT2D eigenvalue weighted by Gasteiger charge is 2.18. The van der Waals surface area contributed by atoms with E-state index in [1.165, 1.54) is 29.2 Å². The number of nitrogens with one attached hydrogen (secondary N) is 1. The quantitative estimate of drug-likeness (QED) is 0.827. The van der Waals surface area contributed by atoms with Crippen LogP contribution in [0, 0.1) is 5.82 Å². The fraction of sp³-hybridized carbons (Fsp3) is 0.222. The molecule has 0 atom stereocenters. The van der Waals surface area contributed by atoms with Gasteiger partial charge in [-0.25, -0.2) is 9.18 Å². The number of ether oxygens (including phenoxy) is 1. The fourth-order valence-electron chi connectivity index (χ4n) is 2.29. The summed E-state index contributed by atoms with van der Waals surface area (Å²) in [7, 11) is 1.70. The Balaban J connectivity index is 2.03. The van der Waals surface area contributed by atoms with Crippen LogP contribution in [-0.2, 0) is 9.53 Å². The number of halogens is 1. The molecule has 0 aromatic heterocycles. The summed E-state index contributed by atoms with van der Waals surface area (Å²) in [6, 6.07) is 12.5. The number of nitrogens with zero attached hydrogens (tertiary/aromatic N) is 1. The number of benzene rings is 2. The van der Waals surface area contributed by atoms with E-state index < -0.39 is 5.97 Å². The minimum atomic E-state index is -0.580. The second-order valence-electron chi connectivity index (χ2n) is 4.99. The normalized spacial score (nSPS) is 10.1. The fourth-order valence-corrected chi connectivity index (χ4v) is 2.29. The van der Waals surface area contributed by atoms with Gasteiger partial charge in [-0.15, -0.1) is 0 Å². The largest absolute Gasteiger partial charge is 0.452 e. The molecule has 2 aromatic rings. The van der Waals surface area contributed by atoms with Crippen molar-refractivity contribution in [1.29, 1.82) is 0 Å². The van der Waals surface area contributed by atoms with E-state index >= 15 is 0 Å². The maximum Gasteiger partial charge on any atom is 0.340 e. The Morgan fingerprint density at radius 2 is 1.79 bits per heavy atom. The topological polar surface area (TPSA) is 58.6 Å². The number of amides is 1. The zero-order chi connectivity index (χ0) is 17.5. The molecule has 0 aliphatic carbocycles. The predicted molar refractivity (Wildman–Crippen MR) is 90.7 cm³/mol. The summed E-state index contributed by atoms with van der Waals surface area (Å²) in [6.07, 6.45) is 0. The predicted octanol–water partition coefficient (Wildman–Crippen LogP) is 3.08. The monoisotopic (exact) mass is 330 g/mol. The second kappa shape index (κ2) is 8.10. The molecule has 24 heavy (non-hydrogen) atoms. The Hall–Kier alpha value is -2.89. The van der Waals surface area contributed by atoms with Gasteiger partial charge in [0.2, 0.25) is 0 Å². The van der Waals surface area contributed by atoms with Gasteiger partial charge in [-0.3, -0.25) is 4.79 Å². The Morgan fingerprint density at radius 3 is 2.42 bits per heavy atom. The van der Waals surface area contributed by atoms with Crippen LogP contribution in [0.5, 0.6) is 0 Å². The smallest absolute Gasteiger partial charge is 0.340 e. The highest BCUT2D eigenvalue weighted by atomic mass is 19.1. The van der Waals surface area contributed by atoms with Crippen molar-refractivity contribution in [3.8, 4) is 0 Å². The molecule has 1 N–H and O–H groups in total. The number of rotatable bonds is 6. The number of carbonyl (C=O) groups excluding carboxylic acids is 2. The minimum absolute atomic E-state index is 0.359. The molecule has 0 heterocycles. The van der Waals surface area contributed by atoms with Crippen LogP contribution in [0.3, 0.4) is 0 Å². The molecular formula is C18H19FN2O3. The molecule has 2 aromatic carbocycles. The Morgan fingerprint density at radius 1 is 1.12 bits per heavy atom. The van der Waals surface area contributed by atoms with Gasteiger partial charge < -0.3 is 15.0 Å². The van der Waals surface area contributed by atoms with Gasteiger partial charge in [0.1, 0.15) is 5.82 Å². The molecule has 0 radical (unpaired) electrons. The van der Waals surface area contributed by atoms with E-state index in [1.54, 1.807) is 38.2 Å². The van der Waals surface area contributed by atoms with Crippen molar-refractivity contribution in [2.75, 3.05) is 30.4 Å². The molecule has 5 nitrogen and oxygen atoms in total. The van der Waals surface area contributed by atoms with Crippen LogP contribution in [0.25, 0.3) is 0 Å². The first-order valence-corrected chi connectivity index (χ1v) is 7.56. The number of hydrogen-bond donors (Lipinski definition) is 1. The molecule has 0 fully saturated rings. The van der Waals surface area contributed by atoms with Gasteiger partial charge in [0.05, 0.1) is 5.56 Å². The van der Waals surface area contributed by atoms with Crippen molar-refractivity contribution >= 4 is 23.3 Å². The van der Waals surface area contributed by atoms with Crippen LogP contribution < -0.4 is 10.2 Å². The molecule has 0 aliphatic rings. The lowest BCUT2D eigenvalue weighted by molar-refractivity contribution is -0.121. The lowest BCUT2D eigenvalue weighted by Crippen LogP contribution is -2.34. The van der Waals surface area contributed by atoms with Crippen molar-refractivity contribution < 1.29 is 18.7 Å². The SMILES string of the molecule is CCN(C(=O)COC(=O)c1ccccc1NC)c1ccc(F)cc1. The van der Waals surface area contributed by atoms with Crippen LogP contribution in [-0.4, -0.2) is 32.1 Å². The molecule has 1 amide bonds. The number of likely N-dealkylation sites (N-methyl/N-ethyl adjacent to an activating group) is 1. The Kier molecular flexibility index (Phi) is 5.89. The van der Waals surface area contributed by atoms with E-state index in [4.69, 9.17) is 4.74 Å². The van der Waals surface area contributed by atoms with Gasteiger partial charge in [-0.1, -0.05) is 12.1 Å². The molecule has 0 aliphatic heterocycles. The summed E-state index contributed by atoms with van der Waals surface area (Å²) in [5.74, 6) is -1.33. The van der Waals surface area contributed by atoms with Crippen LogP contribution in [0.4, 0.5) is 15.8 Å². The first-order chi connectivity index (χ1) is 11.6. The van der Waals surface area contributed by atoms with Crippen molar-refractivity contribution in [1.82, 2.24) is 0 Å². The zero-order valence-electron chi connectivity index (χ0n) is 13.6. The minimum Gasteiger partial charge on any atom is -0.452 e. The number of para-hydroxylation sites is 1. The van der Waals surface area contributed by atoms with Gasteiger partial charge in [-0.2, -0.15) is 0 Å². The lowest BCUT2D eigenvalue weighted by Gasteiger charge is -2.21. The number of esters is 1. The van der Waals surface area contributed by atoms with Gasteiger partial charge in [0, 0.05) is 25.0 Å². The van der Waals surface area contributed by atoms with Crippen LogP contribution >= 0.6 is 0 Å². The molecule has 0 saturated heterocycles. The average molecular weight is 330 g/mol. The van der Waals surface area contributed by atoms with E-state index in [0.717, 1.165) is 0 Å². The average Bonchev–Trinajstić information content (AvgIpc) is 2.61. The summed E-state index contributed by atoms with van der Waals surface area (Å²) < 4.78 is 18.1. The maximum atomic E-state index is 13.0. The molecule has 2 rings (SSSR count). The first kappa shape index (κ1) is 17.5. The Bertz CT molecular complexity index is 716. The van der Waals surface area contributed by atoms with Gasteiger partial charge >= 0.3 is 5.97 Å². The molecule has 0 spiro atoms. The molecule has 0 saturated carbocycles. The number of anilines is 2. The van der Waals surface area contributed by atoms with Crippen molar-refractivity contribution in [2.24, 2.45) is 0 Å². The number of hydrogen-bond acceptors (Lipinski definition) is 4. The molecule has 0 unspecified atom stereocenters.